The van der Waals surface area contributed by atoms with Gasteiger partial charge in [-0.3, -0.25) is 4.79 Å². The van der Waals surface area contributed by atoms with Gasteiger partial charge < -0.3 is 4.90 Å². The van der Waals surface area contributed by atoms with Crippen LogP contribution in [0, 0.1) is 0 Å². The van der Waals surface area contributed by atoms with Crippen LogP contribution in [0.1, 0.15) is 33.1 Å². The van der Waals surface area contributed by atoms with E-state index in [-0.39, 0.29) is 0 Å². The van der Waals surface area contributed by atoms with Crippen LogP contribution in [0.15, 0.2) is 0 Å². The molecule has 0 aliphatic carbocycles. The lowest BCUT2D eigenvalue weighted by Crippen LogP contribution is -2.31. The van der Waals surface area contributed by atoms with Crippen LogP contribution in [0.5, 0.6) is 0 Å². The first kappa shape index (κ1) is 7.58. The van der Waals surface area contributed by atoms with Crippen molar-refractivity contribution in [2.75, 3.05) is 6.54 Å². The number of hydrogen-bond donors (Lipinski definition) is 0. The summed E-state index contributed by atoms with van der Waals surface area (Å²) >= 11 is 0. The average molecular weight is 141 g/mol. The summed E-state index contributed by atoms with van der Waals surface area (Å²) in [5.41, 5.74) is 0. The number of carbonyl (C=O) groups excluding carboxylic acids is 1. The molecule has 1 aliphatic heterocycles. The van der Waals surface area contributed by atoms with Crippen LogP contribution >= 0.6 is 0 Å². The topological polar surface area (TPSA) is 20.3 Å². The standard InChI is InChI=1S/C8H15NO/c1-3-7-5-6-8(10)9(7)4-2/h7H,3-6H2,1-2H3. The van der Waals surface area contributed by atoms with Gasteiger partial charge in [0.05, 0.1) is 0 Å². The minimum atomic E-state index is 0.342. The minimum Gasteiger partial charge on any atom is -0.340 e. The molecule has 0 N–H and O–H groups in total. The Balaban J connectivity index is 2.54. The number of carbonyl (C=O) groups is 1. The zero-order chi connectivity index (χ0) is 7.56. The number of amides is 1. The maximum Gasteiger partial charge on any atom is 0.222 e. The molecular weight excluding hydrogens is 126 g/mol. The summed E-state index contributed by atoms with van der Waals surface area (Å²) in [7, 11) is 0. The fourth-order valence-corrected chi connectivity index (χ4v) is 1.65. The first-order valence-electron chi connectivity index (χ1n) is 4.09. The Morgan fingerprint density at radius 2 is 2.30 bits per heavy atom. The molecule has 1 fully saturated rings. The van der Waals surface area contributed by atoms with Crippen LogP contribution in [0.4, 0.5) is 0 Å². The molecule has 1 rings (SSSR count). The van der Waals surface area contributed by atoms with Gasteiger partial charge in [0, 0.05) is 19.0 Å². The predicted octanol–water partition coefficient (Wildman–Crippen LogP) is 1.41. The first-order valence-corrected chi connectivity index (χ1v) is 4.09. The predicted molar refractivity (Wildman–Crippen MR) is 40.7 cm³/mol. The molecule has 0 radical (unpaired) electrons. The van der Waals surface area contributed by atoms with Gasteiger partial charge in [0.15, 0.2) is 0 Å². The quantitative estimate of drug-likeness (QED) is 0.569. The fourth-order valence-electron chi connectivity index (χ4n) is 1.65. The summed E-state index contributed by atoms with van der Waals surface area (Å²) in [5.74, 6) is 0.342. The van der Waals surface area contributed by atoms with E-state index in [0.717, 1.165) is 25.8 Å². The molecule has 0 saturated carbocycles. The van der Waals surface area contributed by atoms with Gasteiger partial charge in [-0.1, -0.05) is 6.92 Å². The SMILES string of the molecule is CCC1CCC(=O)N1CC. The van der Waals surface area contributed by atoms with Crippen molar-refractivity contribution in [3.05, 3.63) is 0 Å². The van der Waals surface area contributed by atoms with E-state index in [0.29, 0.717) is 11.9 Å². The van der Waals surface area contributed by atoms with Crippen LogP contribution in [-0.4, -0.2) is 23.4 Å². The van der Waals surface area contributed by atoms with E-state index in [1.54, 1.807) is 0 Å². The molecule has 1 unspecified atom stereocenters. The smallest absolute Gasteiger partial charge is 0.222 e. The Hall–Kier alpha value is -0.530. The van der Waals surface area contributed by atoms with Gasteiger partial charge in [0.1, 0.15) is 0 Å². The third-order valence-corrected chi connectivity index (χ3v) is 2.26. The van der Waals surface area contributed by atoms with E-state index < -0.39 is 0 Å². The molecule has 0 aromatic rings. The van der Waals surface area contributed by atoms with Crippen LogP contribution < -0.4 is 0 Å². The van der Waals surface area contributed by atoms with Crippen LogP contribution in [0.2, 0.25) is 0 Å². The van der Waals surface area contributed by atoms with Crippen molar-refractivity contribution in [1.29, 1.82) is 0 Å². The van der Waals surface area contributed by atoms with E-state index in [1.165, 1.54) is 0 Å². The molecular formula is C8H15NO. The highest BCUT2D eigenvalue weighted by Gasteiger charge is 2.27. The highest BCUT2D eigenvalue weighted by molar-refractivity contribution is 5.78. The van der Waals surface area contributed by atoms with Crippen molar-refractivity contribution >= 4 is 5.91 Å². The van der Waals surface area contributed by atoms with Gasteiger partial charge in [-0.2, -0.15) is 0 Å². The Bertz CT molecular complexity index is 133. The van der Waals surface area contributed by atoms with Crippen molar-refractivity contribution in [2.45, 2.75) is 39.2 Å². The molecule has 0 aromatic carbocycles. The molecule has 58 valence electrons. The highest BCUT2D eigenvalue weighted by Crippen LogP contribution is 2.19. The van der Waals surface area contributed by atoms with E-state index in [2.05, 4.69) is 6.92 Å². The molecule has 1 atom stereocenters. The lowest BCUT2D eigenvalue weighted by molar-refractivity contribution is -0.128. The van der Waals surface area contributed by atoms with Crippen molar-refractivity contribution in [3.8, 4) is 0 Å². The maximum absolute atomic E-state index is 11.1. The number of likely N-dealkylation sites (tertiary alicyclic amines) is 1. The lowest BCUT2D eigenvalue weighted by Gasteiger charge is -2.21. The van der Waals surface area contributed by atoms with Crippen LogP contribution in [0.3, 0.4) is 0 Å². The van der Waals surface area contributed by atoms with Gasteiger partial charge in [-0.15, -0.1) is 0 Å². The first-order chi connectivity index (χ1) is 4.79. The van der Waals surface area contributed by atoms with Gasteiger partial charge in [-0.25, -0.2) is 0 Å². The normalized spacial score (nSPS) is 26.0. The Morgan fingerprint density at radius 1 is 1.60 bits per heavy atom. The van der Waals surface area contributed by atoms with E-state index >= 15 is 0 Å². The zero-order valence-corrected chi connectivity index (χ0v) is 6.76. The zero-order valence-electron chi connectivity index (χ0n) is 6.76. The third kappa shape index (κ3) is 1.15. The molecule has 1 saturated heterocycles. The molecule has 1 amide bonds. The molecule has 2 heteroatoms. The highest BCUT2D eigenvalue weighted by atomic mass is 16.2. The summed E-state index contributed by atoms with van der Waals surface area (Å²) in [6, 6.07) is 0.539. The van der Waals surface area contributed by atoms with Crippen molar-refractivity contribution < 1.29 is 4.79 Å². The van der Waals surface area contributed by atoms with Gasteiger partial charge in [0.2, 0.25) is 5.91 Å². The Kier molecular flexibility index (Phi) is 2.30. The van der Waals surface area contributed by atoms with E-state index in [1.807, 2.05) is 11.8 Å². The Morgan fingerprint density at radius 3 is 2.70 bits per heavy atom. The second-order valence-corrected chi connectivity index (χ2v) is 2.78. The van der Waals surface area contributed by atoms with E-state index in [4.69, 9.17) is 0 Å². The molecule has 1 aliphatic rings. The number of hydrogen-bond acceptors (Lipinski definition) is 1. The summed E-state index contributed by atoms with van der Waals surface area (Å²) in [6.45, 7) is 5.08. The monoisotopic (exact) mass is 141 g/mol. The molecule has 0 aromatic heterocycles. The molecule has 1 heterocycles. The summed E-state index contributed by atoms with van der Waals surface area (Å²) in [4.78, 5) is 13.1. The molecule has 10 heavy (non-hydrogen) atoms. The number of rotatable bonds is 2. The van der Waals surface area contributed by atoms with Crippen molar-refractivity contribution in [1.82, 2.24) is 4.90 Å². The van der Waals surface area contributed by atoms with Gasteiger partial charge >= 0.3 is 0 Å². The van der Waals surface area contributed by atoms with Crippen molar-refractivity contribution in [3.63, 3.8) is 0 Å². The van der Waals surface area contributed by atoms with Gasteiger partial charge in [0.25, 0.3) is 0 Å². The maximum atomic E-state index is 11.1. The average Bonchev–Trinajstić information content (AvgIpc) is 2.30. The van der Waals surface area contributed by atoms with Crippen molar-refractivity contribution in [2.24, 2.45) is 0 Å². The molecule has 0 bridgehead atoms. The summed E-state index contributed by atoms with van der Waals surface area (Å²) in [5, 5.41) is 0. The third-order valence-electron chi connectivity index (χ3n) is 2.26. The fraction of sp³-hybridized carbons (Fsp3) is 0.875. The van der Waals surface area contributed by atoms with Crippen LogP contribution in [-0.2, 0) is 4.79 Å². The second-order valence-electron chi connectivity index (χ2n) is 2.78. The number of nitrogens with zero attached hydrogens (tertiary/aromatic N) is 1. The summed E-state index contributed by atoms with van der Waals surface area (Å²) < 4.78 is 0. The van der Waals surface area contributed by atoms with Crippen LogP contribution in [0.25, 0.3) is 0 Å². The largest absolute Gasteiger partial charge is 0.340 e. The summed E-state index contributed by atoms with van der Waals surface area (Å²) in [6.07, 6.45) is 2.95. The minimum absolute atomic E-state index is 0.342. The van der Waals surface area contributed by atoms with Gasteiger partial charge in [-0.05, 0) is 19.8 Å². The molecule has 0 spiro atoms. The van der Waals surface area contributed by atoms with E-state index in [9.17, 15) is 4.79 Å². The Labute approximate surface area is 62.2 Å². The molecule has 2 nitrogen and oxygen atoms in total. The lowest BCUT2D eigenvalue weighted by atomic mass is 10.2. The second kappa shape index (κ2) is 3.04.